The Kier molecular flexibility index (Phi) is 5.73. The molecule has 0 aromatic heterocycles. The quantitative estimate of drug-likeness (QED) is 0.830. The van der Waals surface area contributed by atoms with Crippen molar-refractivity contribution in [2.24, 2.45) is 11.7 Å². The van der Waals surface area contributed by atoms with Crippen molar-refractivity contribution in [2.45, 2.75) is 32.4 Å². The molecule has 3 heteroatoms. The van der Waals surface area contributed by atoms with Gasteiger partial charge in [-0.25, -0.2) is 0 Å². The van der Waals surface area contributed by atoms with Gasteiger partial charge in [-0.1, -0.05) is 74.5 Å². The molecule has 116 valence electrons. The van der Waals surface area contributed by atoms with E-state index in [1.807, 2.05) is 60.7 Å². The monoisotopic (exact) mass is 297 g/mol. The first-order chi connectivity index (χ1) is 10.6. The smallest absolute Gasteiger partial charge is 0.323 e. The zero-order valence-electron chi connectivity index (χ0n) is 13.1. The van der Waals surface area contributed by atoms with Gasteiger partial charge in [0.15, 0.2) is 0 Å². The van der Waals surface area contributed by atoms with Crippen molar-refractivity contribution in [3.8, 4) is 0 Å². The molecule has 0 aliphatic carbocycles. The first-order valence-electron chi connectivity index (χ1n) is 7.60. The van der Waals surface area contributed by atoms with Gasteiger partial charge in [-0.2, -0.15) is 0 Å². The van der Waals surface area contributed by atoms with Crippen LogP contribution >= 0.6 is 0 Å². The summed E-state index contributed by atoms with van der Waals surface area (Å²) in [6, 6.07) is 18.9. The van der Waals surface area contributed by atoms with Crippen LogP contribution in [0.2, 0.25) is 0 Å². The molecule has 1 unspecified atom stereocenters. The molecule has 0 spiro atoms. The van der Waals surface area contributed by atoms with E-state index in [2.05, 4.69) is 13.8 Å². The number of esters is 1. The van der Waals surface area contributed by atoms with Crippen LogP contribution in [-0.2, 0) is 16.1 Å². The Labute approximate surface area is 132 Å². The average molecular weight is 297 g/mol. The Morgan fingerprint density at radius 2 is 1.55 bits per heavy atom. The van der Waals surface area contributed by atoms with E-state index >= 15 is 0 Å². The van der Waals surface area contributed by atoms with E-state index < -0.39 is 6.04 Å². The Hall–Kier alpha value is -2.13. The lowest BCUT2D eigenvalue weighted by Crippen LogP contribution is -2.40. The summed E-state index contributed by atoms with van der Waals surface area (Å²) >= 11 is 0. The summed E-state index contributed by atoms with van der Waals surface area (Å²) in [5.74, 6) is -0.155. The minimum absolute atomic E-state index is 0.0514. The standard InChI is InChI=1S/C19H23NO2/c1-14(2)17(16-11-7-4-8-12-16)18(20)19(21)22-13-15-9-5-3-6-10-15/h3-12,14,17-18H,13,20H2,1-2H3/t17?,18-/m1/s1. The molecule has 22 heavy (non-hydrogen) atoms. The van der Waals surface area contributed by atoms with Crippen LogP contribution in [0.15, 0.2) is 60.7 Å². The first kappa shape index (κ1) is 16.2. The predicted molar refractivity (Wildman–Crippen MR) is 88.2 cm³/mol. The van der Waals surface area contributed by atoms with E-state index in [1.54, 1.807) is 0 Å². The third-order valence-corrected chi connectivity index (χ3v) is 3.79. The fourth-order valence-corrected chi connectivity index (χ4v) is 2.65. The van der Waals surface area contributed by atoms with Gasteiger partial charge in [0.25, 0.3) is 0 Å². The summed E-state index contributed by atoms with van der Waals surface area (Å²) in [5, 5.41) is 0. The van der Waals surface area contributed by atoms with Gasteiger partial charge in [0.1, 0.15) is 12.6 Å². The summed E-state index contributed by atoms with van der Waals surface area (Å²) in [5.41, 5.74) is 8.22. The molecule has 0 heterocycles. The lowest BCUT2D eigenvalue weighted by Gasteiger charge is -2.26. The number of carbonyl (C=O) groups excluding carboxylic acids is 1. The van der Waals surface area contributed by atoms with Crippen LogP contribution < -0.4 is 5.73 Å². The summed E-state index contributed by atoms with van der Waals surface area (Å²) in [7, 11) is 0. The highest BCUT2D eigenvalue weighted by Gasteiger charge is 2.29. The molecular weight excluding hydrogens is 274 g/mol. The van der Waals surface area contributed by atoms with Crippen LogP contribution in [0.5, 0.6) is 0 Å². The van der Waals surface area contributed by atoms with E-state index in [-0.39, 0.29) is 24.4 Å². The number of hydrogen-bond acceptors (Lipinski definition) is 3. The maximum Gasteiger partial charge on any atom is 0.323 e. The largest absolute Gasteiger partial charge is 0.460 e. The second-order valence-corrected chi connectivity index (χ2v) is 5.80. The van der Waals surface area contributed by atoms with E-state index in [0.717, 1.165) is 11.1 Å². The molecule has 0 saturated carbocycles. The molecule has 0 radical (unpaired) electrons. The summed E-state index contributed by atoms with van der Waals surface area (Å²) in [6.07, 6.45) is 0. The van der Waals surface area contributed by atoms with Crippen molar-refractivity contribution in [2.75, 3.05) is 0 Å². The maximum atomic E-state index is 12.3. The molecule has 3 nitrogen and oxygen atoms in total. The van der Waals surface area contributed by atoms with Gasteiger partial charge >= 0.3 is 5.97 Å². The summed E-state index contributed by atoms with van der Waals surface area (Å²) in [6.45, 7) is 4.40. The molecule has 2 N–H and O–H groups in total. The SMILES string of the molecule is CC(C)C(c1ccccc1)[C@@H](N)C(=O)OCc1ccccc1. The third-order valence-electron chi connectivity index (χ3n) is 3.79. The van der Waals surface area contributed by atoms with Crippen LogP contribution in [0, 0.1) is 5.92 Å². The normalized spacial score (nSPS) is 13.6. The fraction of sp³-hybridized carbons (Fsp3) is 0.316. The molecule has 0 aliphatic rings. The average Bonchev–Trinajstić information content (AvgIpc) is 2.54. The van der Waals surface area contributed by atoms with Crippen LogP contribution in [-0.4, -0.2) is 12.0 Å². The van der Waals surface area contributed by atoms with Crippen LogP contribution in [0.1, 0.15) is 30.9 Å². The van der Waals surface area contributed by atoms with Crippen molar-refractivity contribution in [1.29, 1.82) is 0 Å². The third kappa shape index (κ3) is 4.18. The summed E-state index contributed by atoms with van der Waals surface area (Å²) < 4.78 is 5.38. The van der Waals surface area contributed by atoms with Gasteiger partial charge in [-0.3, -0.25) is 4.79 Å². The minimum Gasteiger partial charge on any atom is -0.460 e. The van der Waals surface area contributed by atoms with E-state index in [4.69, 9.17) is 10.5 Å². The molecule has 0 saturated heterocycles. The minimum atomic E-state index is -0.661. The molecule has 0 aliphatic heterocycles. The Balaban J connectivity index is 2.04. The zero-order valence-corrected chi connectivity index (χ0v) is 13.1. The van der Waals surface area contributed by atoms with Crippen LogP contribution in [0.4, 0.5) is 0 Å². The maximum absolute atomic E-state index is 12.3. The fourth-order valence-electron chi connectivity index (χ4n) is 2.65. The highest BCUT2D eigenvalue weighted by atomic mass is 16.5. The van der Waals surface area contributed by atoms with Crippen molar-refractivity contribution in [3.05, 3.63) is 71.8 Å². The molecule has 0 amide bonds. The van der Waals surface area contributed by atoms with E-state index in [0.29, 0.717) is 0 Å². The Bertz CT molecular complexity index is 581. The van der Waals surface area contributed by atoms with Gasteiger partial charge in [0.05, 0.1) is 0 Å². The molecule has 0 fully saturated rings. The van der Waals surface area contributed by atoms with Crippen molar-refractivity contribution >= 4 is 5.97 Å². The Morgan fingerprint density at radius 3 is 2.09 bits per heavy atom. The molecular formula is C19H23NO2. The van der Waals surface area contributed by atoms with Crippen molar-refractivity contribution in [1.82, 2.24) is 0 Å². The molecule has 2 aromatic rings. The number of benzene rings is 2. The summed E-state index contributed by atoms with van der Waals surface area (Å²) in [4.78, 5) is 12.3. The van der Waals surface area contributed by atoms with Gasteiger partial charge < -0.3 is 10.5 Å². The Morgan fingerprint density at radius 1 is 1.00 bits per heavy atom. The number of rotatable bonds is 6. The topological polar surface area (TPSA) is 52.3 Å². The van der Waals surface area contributed by atoms with Crippen LogP contribution in [0.3, 0.4) is 0 Å². The number of hydrogen-bond donors (Lipinski definition) is 1. The van der Waals surface area contributed by atoms with E-state index in [1.165, 1.54) is 0 Å². The molecule has 2 aromatic carbocycles. The number of nitrogens with two attached hydrogens (primary N) is 1. The highest BCUT2D eigenvalue weighted by Crippen LogP contribution is 2.27. The molecule has 0 bridgehead atoms. The lowest BCUT2D eigenvalue weighted by atomic mass is 9.83. The highest BCUT2D eigenvalue weighted by molar-refractivity contribution is 5.77. The molecule has 2 rings (SSSR count). The van der Waals surface area contributed by atoms with Gasteiger partial charge in [0, 0.05) is 5.92 Å². The molecule has 2 atom stereocenters. The van der Waals surface area contributed by atoms with Crippen molar-refractivity contribution in [3.63, 3.8) is 0 Å². The zero-order chi connectivity index (χ0) is 15.9. The lowest BCUT2D eigenvalue weighted by molar-refractivity contribution is -0.147. The second kappa shape index (κ2) is 7.76. The van der Waals surface area contributed by atoms with Gasteiger partial charge in [0.2, 0.25) is 0 Å². The van der Waals surface area contributed by atoms with Gasteiger partial charge in [-0.05, 0) is 17.0 Å². The van der Waals surface area contributed by atoms with Gasteiger partial charge in [-0.15, -0.1) is 0 Å². The predicted octanol–water partition coefficient (Wildman–Crippen LogP) is 3.50. The first-order valence-corrected chi connectivity index (χ1v) is 7.60. The van der Waals surface area contributed by atoms with Crippen LogP contribution in [0.25, 0.3) is 0 Å². The van der Waals surface area contributed by atoms with E-state index in [9.17, 15) is 4.79 Å². The van der Waals surface area contributed by atoms with Crippen molar-refractivity contribution < 1.29 is 9.53 Å². The second-order valence-electron chi connectivity index (χ2n) is 5.80. The number of ether oxygens (including phenoxy) is 1. The number of carbonyl (C=O) groups is 1.